The Morgan fingerprint density at radius 3 is 2.18 bits per heavy atom. The van der Waals surface area contributed by atoms with Crippen molar-refractivity contribution in [3.63, 3.8) is 0 Å². The number of hydrogen-bond donors (Lipinski definition) is 3. The summed E-state index contributed by atoms with van der Waals surface area (Å²) in [5.41, 5.74) is 7.14. The second-order valence-corrected chi connectivity index (χ2v) is 8.18. The lowest BCUT2D eigenvalue weighted by Crippen LogP contribution is -2.08. The summed E-state index contributed by atoms with van der Waals surface area (Å²) in [4.78, 5) is 24.4. The number of benzene rings is 4. The van der Waals surface area contributed by atoms with Crippen LogP contribution < -0.4 is 25.4 Å². The quantitative estimate of drug-likeness (QED) is 0.156. The molecular formula is C30H25NO8. The van der Waals surface area contributed by atoms with Gasteiger partial charge in [-0.3, -0.25) is 4.79 Å². The van der Waals surface area contributed by atoms with Crippen molar-refractivity contribution in [3.8, 4) is 39.9 Å². The average Bonchev–Trinajstić information content (AvgIpc) is 2.94. The van der Waals surface area contributed by atoms with Crippen molar-refractivity contribution in [2.75, 3.05) is 20.0 Å². The smallest absolute Gasteiger partial charge is 0.347 e. The number of anilines is 1. The number of aromatic hydroxyl groups is 2. The second-order valence-electron chi connectivity index (χ2n) is 8.18. The van der Waals surface area contributed by atoms with Gasteiger partial charge in [-0.1, -0.05) is 30.3 Å². The first-order chi connectivity index (χ1) is 18.8. The van der Waals surface area contributed by atoms with Gasteiger partial charge in [-0.2, -0.15) is 0 Å². The molecule has 198 valence electrons. The molecule has 0 fully saturated rings. The number of fused-ring (bicyclic) bond motifs is 1. The van der Waals surface area contributed by atoms with Crippen molar-refractivity contribution in [1.82, 2.24) is 0 Å². The Morgan fingerprint density at radius 1 is 0.821 bits per heavy atom. The molecule has 0 amide bonds. The number of para-hydroxylation sites is 1. The summed E-state index contributed by atoms with van der Waals surface area (Å²) in [5.74, 6) is 0.403. The van der Waals surface area contributed by atoms with E-state index in [-0.39, 0.29) is 33.8 Å². The maximum atomic E-state index is 12.6. The molecule has 0 aliphatic heterocycles. The molecule has 0 bridgehead atoms. The van der Waals surface area contributed by atoms with Crippen LogP contribution in [-0.4, -0.2) is 30.4 Å². The van der Waals surface area contributed by atoms with Gasteiger partial charge in [0.25, 0.3) is 0 Å². The number of nitrogen functional groups attached to an aromatic ring is 1. The minimum atomic E-state index is -0.617. The number of methoxy groups -OCH3 is 2. The molecule has 0 saturated heterocycles. The summed E-state index contributed by atoms with van der Waals surface area (Å²) in [6.07, 6.45) is 1.37. The van der Waals surface area contributed by atoms with E-state index in [4.69, 9.17) is 24.4 Å². The highest BCUT2D eigenvalue weighted by atomic mass is 16.5. The van der Waals surface area contributed by atoms with Crippen LogP contribution in [0.3, 0.4) is 0 Å². The first kappa shape index (κ1) is 26.6. The third-order valence-corrected chi connectivity index (χ3v) is 5.68. The van der Waals surface area contributed by atoms with Gasteiger partial charge in [0.15, 0.2) is 11.3 Å². The SMILES string of the molecule is COc1ccc(-c2coc3c(OC)c(O)ccc3c2=O)cc1.Nc1ccc(C(=O)Oc2ccccc2)c(O)c1. The van der Waals surface area contributed by atoms with Gasteiger partial charge in [-0.25, -0.2) is 4.79 Å². The van der Waals surface area contributed by atoms with Crippen LogP contribution in [0.1, 0.15) is 10.4 Å². The molecule has 5 aromatic rings. The maximum Gasteiger partial charge on any atom is 0.347 e. The minimum absolute atomic E-state index is 0.0738. The topological polar surface area (TPSA) is 141 Å². The third kappa shape index (κ3) is 5.94. The van der Waals surface area contributed by atoms with Crippen molar-refractivity contribution >= 4 is 22.6 Å². The number of phenolic OH excluding ortho intramolecular Hbond substituents is 2. The summed E-state index contributed by atoms with van der Waals surface area (Å²) in [7, 11) is 2.99. The molecule has 9 nitrogen and oxygen atoms in total. The Kier molecular flexibility index (Phi) is 8.01. The van der Waals surface area contributed by atoms with Crippen LogP contribution in [0.5, 0.6) is 28.7 Å². The van der Waals surface area contributed by atoms with E-state index in [1.165, 1.54) is 43.7 Å². The molecule has 1 aromatic heterocycles. The number of carbonyl (C=O) groups is 1. The van der Waals surface area contributed by atoms with E-state index < -0.39 is 5.97 Å². The Hall–Kier alpha value is -5.44. The number of nitrogens with two attached hydrogens (primary N) is 1. The highest BCUT2D eigenvalue weighted by molar-refractivity contribution is 5.94. The van der Waals surface area contributed by atoms with Crippen LogP contribution in [0, 0.1) is 0 Å². The number of phenols is 2. The van der Waals surface area contributed by atoms with Gasteiger partial charge in [-0.05, 0) is 54.1 Å². The minimum Gasteiger partial charge on any atom is -0.507 e. The molecular weight excluding hydrogens is 502 g/mol. The van der Waals surface area contributed by atoms with E-state index >= 15 is 0 Å². The summed E-state index contributed by atoms with van der Waals surface area (Å²) in [6.45, 7) is 0. The van der Waals surface area contributed by atoms with Gasteiger partial charge in [-0.15, -0.1) is 0 Å². The van der Waals surface area contributed by atoms with Crippen molar-refractivity contribution in [3.05, 3.63) is 107 Å². The number of rotatable bonds is 5. The Labute approximate surface area is 223 Å². The molecule has 4 aromatic carbocycles. The molecule has 9 heteroatoms. The molecule has 0 saturated carbocycles. The Balaban J connectivity index is 0.000000187. The first-order valence-corrected chi connectivity index (χ1v) is 11.6. The largest absolute Gasteiger partial charge is 0.507 e. The van der Waals surface area contributed by atoms with Crippen molar-refractivity contribution in [2.24, 2.45) is 0 Å². The van der Waals surface area contributed by atoms with Crippen LogP contribution in [0.25, 0.3) is 22.1 Å². The molecule has 39 heavy (non-hydrogen) atoms. The van der Waals surface area contributed by atoms with Crippen LogP contribution in [0.2, 0.25) is 0 Å². The Bertz CT molecular complexity index is 1660. The van der Waals surface area contributed by atoms with E-state index in [1.807, 2.05) is 6.07 Å². The summed E-state index contributed by atoms with van der Waals surface area (Å²) in [6, 6.07) is 23.0. The normalized spacial score (nSPS) is 10.3. The maximum absolute atomic E-state index is 12.6. The van der Waals surface area contributed by atoms with Gasteiger partial charge in [0.05, 0.1) is 25.2 Å². The standard InChI is InChI=1S/C17H14O5.C13H11NO3/c1-20-11-5-3-10(4-6-11)13-9-22-16-12(15(13)19)7-8-14(18)17(16)21-2;14-9-6-7-11(12(15)8-9)13(16)17-10-4-2-1-3-5-10/h3-9,18H,1-2H3;1-8,15H,14H2. The van der Waals surface area contributed by atoms with Crippen LogP contribution >= 0.6 is 0 Å². The number of hydrogen-bond acceptors (Lipinski definition) is 9. The van der Waals surface area contributed by atoms with E-state index in [0.717, 1.165) is 5.56 Å². The summed E-state index contributed by atoms with van der Waals surface area (Å²) >= 11 is 0. The number of esters is 1. The van der Waals surface area contributed by atoms with Crippen LogP contribution in [0.4, 0.5) is 5.69 Å². The molecule has 0 aliphatic rings. The van der Waals surface area contributed by atoms with E-state index in [1.54, 1.807) is 55.6 Å². The fourth-order valence-electron chi connectivity index (χ4n) is 3.70. The average molecular weight is 528 g/mol. The lowest BCUT2D eigenvalue weighted by atomic mass is 10.1. The molecule has 5 rings (SSSR count). The van der Waals surface area contributed by atoms with Gasteiger partial charge < -0.3 is 34.6 Å². The zero-order valence-electron chi connectivity index (χ0n) is 21.1. The summed E-state index contributed by atoms with van der Waals surface area (Å²) < 4.78 is 20.8. The molecule has 4 N–H and O–H groups in total. The molecule has 0 spiro atoms. The third-order valence-electron chi connectivity index (χ3n) is 5.68. The lowest BCUT2D eigenvalue weighted by Gasteiger charge is -2.08. The van der Waals surface area contributed by atoms with Crippen LogP contribution in [-0.2, 0) is 0 Å². The zero-order valence-corrected chi connectivity index (χ0v) is 21.1. The molecule has 1 heterocycles. The van der Waals surface area contributed by atoms with Crippen LogP contribution in [0.15, 0.2) is 100 Å². The monoisotopic (exact) mass is 527 g/mol. The van der Waals surface area contributed by atoms with Gasteiger partial charge in [0, 0.05) is 11.8 Å². The highest BCUT2D eigenvalue weighted by Crippen LogP contribution is 2.34. The molecule has 0 unspecified atom stereocenters. The zero-order chi connectivity index (χ0) is 27.9. The predicted octanol–water partition coefficient (Wildman–Crippen LogP) is 5.38. The molecule has 0 atom stereocenters. The first-order valence-electron chi connectivity index (χ1n) is 11.6. The molecule has 0 aliphatic carbocycles. The molecule has 0 radical (unpaired) electrons. The van der Waals surface area contributed by atoms with Gasteiger partial charge >= 0.3 is 5.97 Å². The second kappa shape index (κ2) is 11.7. The Morgan fingerprint density at radius 2 is 1.54 bits per heavy atom. The van der Waals surface area contributed by atoms with Gasteiger partial charge in [0.2, 0.25) is 11.2 Å². The fourth-order valence-corrected chi connectivity index (χ4v) is 3.70. The number of ether oxygens (including phenoxy) is 3. The van der Waals surface area contributed by atoms with Crippen molar-refractivity contribution in [1.29, 1.82) is 0 Å². The number of carbonyl (C=O) groups excluding carboxylic acids is 1. The van der Waals surface area contributed by atoms with Crippen molar-refractivity contribution in [2.45, 2.75) is 0 Å². The van der Waals surface area contributed by atoms with E-state index in [2.05, 4.69) is 0 Å². The van der Waals surface area contributed by atoms with Crippen molar-refractivity contribution < 1.29 is 33.6 Å². The fraction of sp³-hybridized carbons (Fsp3) is 0.0667. The lowest BCUT2D eigenvalue weighted by molar-refractivity contribution is 0.0731. The summed E-state index contributed by atoms with van der Waals surface area (Å²) in [5, 5.41) is 19.7. The highest BCUT2D eigenvalue weighted by Gasteiger charge is 2.16. The van der Waals surface area contributed by atoms with E-state index in [9.17, 15) is 19.8 Å². The van der Waals surface area contributed by atoms with E-state index in [0.29, 0.717) is 28.1 Å². The van der Waals surface area contributed by atoms with Gasteiger partial charge in [0.1, 0.15) is 29.1 Å². The predicted molar refractivity (Wildman–Crippen MR) is 147 cm³/mol.